The molecule has 1 amide bonds. The van der Waals surface area contributed by atoms with Crippen LogP contribution in [-0.2, 0) is 25.4 Å². The number of nitrogens with one attached hydrogen (secondary N) is 1. The maximum atomic E-state index is 12.8. The molecule has 0 saturated heterocycles. The monoisotopic (exact) mass is 435 g/mol. The van der Waals surface area contributed by atoms with Crippen LogP contribution in [0.4, 0.5) is 4.79 Å². The topological polar surface area (TPSA) is 73.9 Å². The molecule has 0 saturated carbocycles. The number of benzene rings is 1. The highest BCUT2D eigenvalue weighted by Crippen LogP contribution is 2.16. The van der Waals surface area contributed by atoms with E-state index in [2.05, 4.69) is 31.3 Å². The maximum absolute atomic E-state index is 12.8. The second kappa shape index (κ2) is 13.4. The first-order chi connectivity index (χ1) is 14.5. The van der Waals surface area contributed by atoms with Crippen molar-refractivity contribution in [3.05, 3.63) is 35.9 Å². The fourth-order valence-corrected chi connectivity index (χ4v) is 3.05. The summed E-state index contributed by atoms with van der Waals surface area (Å²) in [5.74, 6) is -0.0816. The van der Waals surface area contributed by atoms with Crippen LogP contribution < -0.4 is 5.32 Å². The summed E-state index contributed by atoms with van der Waals surface area (Å²) in [6, 6.07) is 9.44. The van der Waals surface area contributed by atoms with E-state index in [0.717, 1.165) is 19.3 Å². The highest BCUT2D eigenvalue weighted by Gasteiger charge is 2.29. The first-order valence-corrected chi connectivity index (χ1v) is 11.4. The van der Waals surface area contributed by atoms with E-state index in [1.54, 1.807) is 20.8 Å². The first-order valence-electron chi connectivity index (χ1n) is 11.4. The van der Waals surface area contributed by atoms with Crippen LogP contribution in [0.1, 0.15) is 73.3 Å². The van der Waals surface area contributed by atoms with Crippen molar-refractivity contribution in [2.75, 3.05) is 6.61 Å². The van der Waals surface area contributed by atoms with Crippen molar-refractivity contribution in [1.82, 2.24) is 5.32 Å². The first kappa shape index (κ1) is 27.0. The molecule has 176 valence electrons. The number of amides is 1. The molecule has 0 aromatic heterocycles. The summed E-state index contributed by atoms with van der Waals surface area (Å²) in [6.07, 6.45) is 1.50. The smallest absolute Gasteiger partial charge is 0.408 e. The lowest BCUT2D eigenvalue weighted by Gasteiger charge is -2.28. The number of esters is 1. The van der Waals surface area contributed by atoms with Crippen LogP contribution >= 0.6 is 0 Å². The Balaban J connectivity index is 2.75. The SMILES string of the molecule is CCC[C@H](NC(=O)OC(C)(C)C)C(=O)O[C@@H](C)[C@@H](CCc1ccccc1)OCC(C)C. The minimum atomic E-state index is -0.748. The van der Waals surface area contributed by atoms with Crippen LogP contribution in [0.5, 0.6) is 0 Å². The van der Waals surface area contributed by atoms with Gasteiger partial charge in [-0.2, -0.15) is 0 Å². The zero-order valence-corrected chi connectivity index (χ0v) is 20.3. The average Bonchev–Trinajstić information content (AvgIpc) is 2.66. The molecule has 1 aromatic carbocycles. The van der Waals surface area contributed by atoms with Crippen molar-refractivity contribution in [3.63, 3.8) is 0 Å². The number of rotatable bonds is 12. The second-order valence-corrected chi connectivity index (χ2v) is 9.42. The van der Waals surface area contributed by atoms with Gasteiger partial charge in [-0.15, -0.1) is 0 Å². The molecule has 6 nitrogen and oxygen atoms in total. The third-order valence-electron chi connectivity index (χ3n) is 4.58. The second-order valence-electron chi connectivity index (χ2n) is 9.42. The molecule has 0 aliphatic carbocycles. The molecule has 0 heterocycles. The number of hydrogen-bond donors (Lipinski definition) is 1. The van der Waals surface area contributed by atoms with Gasteiger partial charge in [-0.05, 0) is 58.4 Å². The molecule has 0 spiro atoms. The Morgan fingerprint density at radius 3 is 2.23 bits per heavy atom. The van der Waals surface area contributed by atoms with Crippen molar-refractivity contribution in [1.29, 1.82) is 0 Å². The van der Waals surface area contributed by atoms with Crippen LogP contribution in [0.25, 0.3) is 0 Å². The predicted molar refractivity (Wildman–Crippen MR) is 123 cm³/mol. The number of hydrogen-bond acceptors (Lipinski definition) is 5. The van der Waals surface area contributed by atoms with E-state index < -0.39 is 29.8 Å². The molecule has 0 unspecified atom stereocenters. The summed E-state index contributed by atoms with van der Waals surface area (Å²) >= 11 is 0. The average molecular weight is 436 g/mol. The van der Waals surface area contributed by atoms with Crippen LogP contribution in [0.15, 0.2) is 30.3 Å². The Kier molecular flexibility index (Phi) is 11.6. The molecule has 0 aliphatic rings. The molecule has 1 aromatic rings. The number of alkyl carbamates (subject to hydrolysis) is 1. The van der Waals surface area contributed by atoms with Crippen LogP contribution in [0.2, 0.25) is 0 Å². The normalized spacial score (nSPS) is 14.6. The standard InChI is InChI=1S/C25H41NO5/c1-8-12-21(26-24(28)31-25(5,6)7)23(27)30-19(4)22(29-17-18(2)3)16-15-20-13-10-9-11-14-20/h9-11,13-14,18-19,21-22H,8,12,15-17H2,1-7H3,(H,26,28)/t19-,21-,22+/m0/s1. The van der Waals surface area contributed by atoms with Crippen LogP contribution in [0, 0.1) is 5.92 Å². The number of ether oxygens (including phenoxy) is 3. The van der Waals surface area contributed by atoms with Gasteiger partial charge >= 0.3 is 12.1 Å². The van der Waals surface area contributed by atoms with Gasteiger partial charge in [0, 0.05) is 6.61 Å². The lowest BCUT2D eigenvalue weighted by molar-refractivity contribution is -0.159. The summed E-state index contributed by atoms with van der Waals surface area (Å²) in [4.78, 5) is 25.0. The summed E-state index contributed by atoms with van der Waals surface area (Å²) in [5.41, 5.74) is 0.584. The lowest BCUT2D eigenvalue weighted by atomic mass is 10.0. The van der Waals surface area contributed by atoms with Crippen molar-refractivity contribution >= 4 is 12.1 Å². The molecule has 0 radical (unpaired) electrons. The third-order valence-corrected chi connectivity index (χ3v) is 4.58. The number of carbonyl (C=O) groups is 2. The largest absolute Gasteiger partial charge is 0.458 e. The third kappa shape index (κ3) is 11.8. The molecule has 1 rings (SSSR count). The van der Waals surface area contributed by atoms with Gasteiger partial charge in [-0.1, -0.05) is 57.5 Å². The Hall–Kier alpha value is -2.08. The van der Waals surface area contributed by atoms with Crippen molar-refractivity contribution in [2.45, 2.75) is 98.0 Å². The number of carbonyl (C=O) groups excluding carboxylic acids is 2. The molecule has 0 bridgehead atoms. The molecule has 31 heavy (non-hydrogen) atoms. The van der Waals surface area contributed by atoms with Crippen LogP contribution in [-0.4, -0.2) is 42.5 Å². The van der Waals surface area contributed by atoms with Gasteiger partial charge in [0.25, 0.3) is 0 Å². The molecule has 1 N–H and O–H groups in total. The Labute approximate surface area is 188 Å². The summed E-state index contributed by atoms with van der Waals surface area (Å²) in [5, 5.41) is 2.65. The highest BCUT2D eigenvalue weighted by atomic mass is 16.6. The van der Waals surface area contributed by atoms with Gasteiger partial charge in [0.1, 0.15) is 17.7 Å². The van der Waals surface area contributed by atoms with Gasteiger partial charge in [0.15, 0.2) is 0 Å². The van der Waals surface area contributed by atoms with E-state index >= 15 is 0 Å². The molecule has 0 aliphatic heterocycles. The Morgan fingerprint density at radius 1 is 1.03 bits per heavy atom. The zero-order valence-electron chi connectivity index (χ0n) is 20.3. The summed E-state index contributed by atoms with van der Waals surface area (Å²) in [7, 11) is 0. The Morgan fingerprint density at radius 2 is 1.68 bits per heavy atom. The summed E-state index contributed by atoms with van der Waals surface area (Å²) in [6.45, 7) is 13.9. The van der Waals surface area contributed by atoms with Gasteiger partial charge in [0.2, 0.25) is 0 Å². The van der Waals surface area contributed by atoms with Gasteiger partial charge in [-0.25, -0.2) is 9.59 Å². The van der Waals surface area contributed by atoms with E-state index in [1.165, 1.54) is 5.56 Å². The molecular formula is C25H41NO5. The minimum absolute atomic E-state index is 0.227. The minimum Gasteiger partial charge on any atom is -0.458 e. The van der Waals surface area contributed by atoms with Crippen molar-refractivity contribution in [2.24, 2.45) is 5.92 Å². The fourth-order valence-electron chi connectivity index (χ4n) is 3.05. The van der Waals surface area contributed by atoms with E-state index in [1.807, 2.05) is 32.0 Å². The highest BCUT2D eigenvalue weighted by molar-refractivity contribution is 5.81. The van der Waals surface area contributed by atoms with E-state index in [4.69, 9.17) is 14.2 Å². The molecule has 0 fully saturated rings. The molecule has 6 heteroatoms. The van der Waals surface area contributed by atoms with Crippen molar-refractivity contribution < 1.29 is 23.8 Å². The summed E-state index contributed by atoms with van der Waals surface area (Å²) < 4.78 is 17.1. The van der Waals surface area contributed by atoms with Gasteiger partial charge < -0.3 is 19.5 Å². The van der Waals surface area contributed by atoms with E-state index in [-0.39, 0.29) is 6.10 Å². The fraction of sp³-hybridized carbons (Fsp3) is 0.680. The quantitative estimate of drug-likeness (QED) is 0.452. The van der Waals surface area contributed by atoms with Gasteiger partial charge in [0.05, 0.1) is 6.10 Å². The van der Waals surface area contributed by atoms with Crippen LogP contribution in [0.3, 0.4) is 0 Å². The van der Waals surface area contributed by atoms with E-state index in [0.29, 0.717) is 18.9 Å². The van der Waals surface area contributed by atoms with Gasteiger partial charge in [-0.3, -0.25) is 0 Å². The maximum Gasteiger partial charge on any atom is 0.408 e. The molecular weight excluding hydrogens is 394 g/mol. The lowest BCUT2D eigenvalue weighted by Crippen LogP contribution is -2.46. The van der Waals surface area contributed by atoms with Crippen molar-refractivity contribution in [3.8, 4) is 0 Å². The Bertz CT molecular complexity index is 654. The zero-order chi connectivity index (χ0) is 23.4. The number of aryl methyl sites for hydroxylation is 1. The molecule has 3 atom stereocenters. The predicted octanol–water partition coefficient (Wildman–Crippen LogP) is 5.29. The van der Waals surface area contributed by atoms with E-state index in [9.17, 15) is 9.59 Å².